The minimum Gasteiger partial charge on any atom is -0.508 e. The minimum atomic E-state index is -0.620. The van der Waals surface area contributed by atoms with Gasteiger partial charge in [-0.3, -0.25) is 4.90 Å². The number of halogens is 1. The molecule has 2 heterocycles. The van der Waals surface area contributed by atoms with Crippen molar-refractivity contribution in [2.75, 3.05) is 13.1 Å². The number of rotatable bonds is 4. The van der Waals surface area contributed by atoms with Crippen LogP contribution >= 0.6 is 12.4 Å². The van der Waals surface area contributed by atoms with E-state index in [9.17, 15) is 10.2 Å². The Morgan fingerprint density at radius 3 is 2.44 bits per heavy atom. The van der Waals surface area contributed by atoms with Gasteiger partial charge < -0.3 is 14.6 Å². The summed E-state index contributed by atoms with van der Waals surface area (Å²) < 4.78 is 5.85. The van der Waals surface area contributed by atoms with Gasteiger partial charge in [-0.05, 0) is 43.5 Å². The molecule has 2 N–H and O–H groups in total. The predicted octanol–water partition coefficient (Wildman–Crippen LogP) is 4.44. The van der Waals surface area contributed by atoms with Crippen LogP contribution in [0.3, 0.4) is 0 Å². The first-order chi connectivity index (χ1) is 12.5. The van der Waals surface area contributed by atoms with Crippen LogP contribution in [-0.4, -0.2) is 33.8 Å². The Hall–Kier alpha value is -2.01. The number of benzene rings is 2. The highest BCUT2D eigenvalue weighted by atomic mass is 35.5. The first-order valence-corrected chi connectivity index (χ1v) is 9.21. The van der Waals surface area contributed by atoms with Crippen molar-refractivity contribution in [3.63, 3.8) is 0 Å². The zero-order chi connectivity index (χ0) is 18.1. The molecule has 2 aromatic carbocycles. The number of piperidine rings is 1. The van der Waals surface area contributed by atoms with Gasteiger partial charge in [0.25, 0.3) is 0 Å². The van der Waals surface area contributed by atoms with Crippen LogP contribution in [0, 0.1) is 6.92 Å². The molecule has 4 nitrogen and oxygen atoms in total. The Labute approximate surface area is 165 Å². The fraction of sp³-hybridized carbons (Fsp3) is 0.364. The van der Waals surface area contributed by atoms with Crippen molar-refractivity contribution < 1.29 is 14.6 Å². The first-order valence-electron chi connectivity index (χ1n) is 9.21. The monoisotopic (exact) mass is 387 g/mol. The van der Waals surface area contributed by atoms with Crippen molar-refractivity contribution in [3.8, 4) is 5.75 Å². The van der Waals surface area contributed by atoms with Crippen molar-refractivity contribution in [2.45, 2.75) is 38.3 Å². The molecule has 0 bridgehead atoms. The lowest BCUT2D eigenvalue weighted by atomic mass is 9.85. The Morgan fingerprint density at radius 2 is 1.74 bits per heavy atom. The quantitative estimate of drug-likeness (QED) is 0.695. The van der Waals surface area contributed by atoms with E-state index in [1.807, 2.05) is 12.1 Å². The number of hydrogen-bond acceptors (Lipinski definition) is 4. The maximum absolute atomic E-state index is 10.9. The van der Waals surface area contributed by atoms with E-state index in [-0.39, 0.29) is 18.2 Å². The van der Waals surface area contributed by atoms with Crippen molar-refractivity contribution >= 4 is 23.4 Å². The van der Waals surface area contributed by atoms with Crippen LogP contribution in [0.5, 0.6) is 5.75 Å². The number of aromatic hydroxyl groups is 1. The van der Waals surface area contributed by atoms with Crippen LogP contribution in [0.4, 0.5) is 0 Å². The number of likely N-dealkylation sites (tertiary alicyclic amines) is 1. The fourth-order valence-electron chi connectivity index (χ4n) is 3.76. The molecule has 4 rings (SSSR count). The van der Waals surface area contributed by atoms with Crippen molar-refractivity contribution in [1.29, 1.82) is 0 Å². The smallest absolute Gasteiger partial charge is 0.138 e. The molecule has 1 saturated heterocycles. The van der Waals surface area contributed by atoms with Gasteiger partial charge >= 0.3 is 0 Å². The highest BCUT2D eigenvalue weighted by molar-refractivity contribution is 5.85. The lowest BCUT2D eigenvalue weighted by molar-refractivity contribution is -0.0235. The van der Waals surface area contributed by atoms with Gasteiger partial charge in [0.15, 0.2) is 0 Å². The maximum Gasteiger partial charge on any atom is 0.138 e. The van der Waals surface area contributed by atoms with Gasteiger partial charge in [0.2, 0.25) is 0 Å². The molecule has 0 saturated carbocycles. The molecule has 0 amide bonds. The number of phenolic OH excluding ortho intramolecular Hbond substituents is 1. The molecule has 0 spiro atoms. The molecule has 3 aromatic rings. The molecule has 0 unspecified atom stereocenters. The van der Waals surface area contributed by atoms with E-state index >= 15 is 0 Å². The Balaban J connectivity index is 0.00000210. The summed E-state index contributed by atoms with van der Waals surface area (Å²) >= 11 is 0. The van der Waals surface area contributed by atoms with Gasteiger partial charge in [-0.25, -0.2) is 0 Å². The summed E-state index contributed by atoms with van der Waals surface area (Å²) in [4.78, 5) is 2.32. The van der Waals surface area contributed by atoms with Crippen LogP contribution in [0.2, 0.25) is 0 Å². The number of furan rings is 1. The van der Waals surface area contributed by atoms with Crippen LogP contribution in [0.15, 0.2) is 52.9 Å². The second-order valence-electron chi connectivity index (χ2n) is 7.60. The summed E-state index contributed by atoms with van der Waals surface area (Å²) in [6.45, 7) is 4.52. The average Bonchev–Trinajstić information content (AvgIpc) is 3.01. The molecule has 1 fully saturated rings. The zero-order valence-corrected chi connectivity index (χ0v) is 16.3. The molecular weight excluding hydrogens is 362 g/mol. The predicted molar refractivity (Wildman–Crippen MR) is 109 cm³/mol. The number of phenols is 1. The van der Waals surface area contributed by atoms with Crippen molar-refractivity contribution in [3.05, 3.63) is 65.4 Å². The summed E-state index contributed by atoms with van der Waals surface area (Å²) in [6.07, 6.45) is 2.24. The molecule has 0 atom stereocenters. The summed E-state index contributed by atoms with van der Waals surface area (Å²) in [5.74, 6) is 1.12. The Kier molecular flexibility index (Phi) is 5.80. The largest absolute Gasteiger partial charge is 0.508 e. The third-order valence-corrected chi connectivity index (χ3v) is 5.37. The van der Waals surface area contributed by atoms with Crippen LogP contribution < -0.4 is 0 Å². The number of hydrogen-bond donors (Lipinski definition) is 2. The molecule has 5 heteroatoms. The summed E-state index contributed by atoms with van der Waals surface area (Å²) in [5.41, 5.74) is 2.54. The van der Waals surface area contributed by atoms with E-state index in [0.717, 1.165) is 43.6 Å². The highest BCUT2D eigenvalue weighted by Crippen LogP contribution is 2.29. The van der Waals surface area contributed by atoms with Crippen LogP contribution in [0.1, 0.15) is 29.7 Å². The molecule has 0 radical (unpaired) electrons. The van der Waals surface area contributed by atoms with E-state index in [4.69, 9.17) is 4.42 Å². The van der Waals surface area contributed by atoms with E-state index in [0.29, 0.717) is 12.0 Å². The van der Waals surface area contributed by atoms with Gasteiger partial charge in [-0.2, -0.15) is 0 Å². The third kappa shape index (κ3) is 4.64. The van der Waals surface area contributed by atoms with Gasteiger partial charge in [0, 0.05) is 31.0 Å². The average molecular weight is 388 g/mol. The van der Waals surface area contributed by atoms with E-state index in [1.54, 1.807) is 12.1 Å². The maximum atomic E-state index is 10.9. The van der Waals surface area contributed by atoms with Gasteiger partial charge in [0.05, 0.1) is 12.1 Å². The number of nitrogens with zero attached hydrogens (tertiary/aromatic N) is 1. The van der Waals surface area contributed by atoms with E-state index in [2.05, 4.69) is 36.1 Å². The SMILES string of the molecule is Cc1ccc(CC2(O)CCN(Cc3cc4ccc(O)cc4o3)CC2)cc1.Cl. The van der Waals surface area contributed by atoms with E-state index in [1.165, 1.54) is 11.1 Å². The second kappa shape index (κ2) is 7.93. The topological polar surface area (TPSA) is 56.8 Å². The molecule has 0 aliphatic carbocycles. The molecule has 1 aliphatic heterocycles. The van der Waals surface area contributed by atoms with Crippen LogP contribution in [-0.2, 0) is 13.0 Å². The zero-order valence-electron chi connectivity index (χ0n) is 15.5. The number of fused-ring (bicyclic) bond motifs is 1. The second-order valence-corrected chi connectivity index (χ2v) is 7.60. The standard InChI is InChI=1S/C22H25NO3.ClH/c1-16-2-4-17(5-3-16)14-22(25)8-10-23(11-9-22)15-20-12-18-6-7-19(24)13-21(18)26-20;/h2-7,12-13,24-25H,8-11,14-15H2,1H3;1H. The Morgan fingerprint density at radius 1 is 1.04 bits per heavy atom. The molecular formula is C22H26ClNO3. The van der Waals surface area contributed by atoms with Crippen molar-refractivity contribution in [1.82, 2.24) is 4.90 Å². The van der Waals surface area contributed by atoms with Crippen LogP contribution in [0.25, 0.3) is 11.0 Å². The molecule has 1 aromatic heterocycles. The lowest BCUT2D eigenvalue weighted by Gasteiger charge is -2.38. The number of aliphatic hydroxyl groups is 1. The molecule has 144 valence electrons. The summed E-state index contributed by atoms with van der Waals surface area (Å²) in [5, 5.41) is 21.5. The molecule has 27 heavy (non-hydrogen) atoms. The van der Waals surface area contributed by atoms with Gasteiger partial charge in [-0.1, -0.05) is 29.8 Å². The highest BCUT2D eigenvalue weighted by Gasteiger charge is 2.32. The normalized spacial score (nSPS) is 17.0. The fourth-order valence-corrected chi connectivity index (χ4v) is 3.76. The minimum absolute atomic E-state index is 0. The molecule has 1 aliphatic rings. The first kappa shape index (κ1) is 19.7. The lowest BCUT2D eigenvalue weighted by Crippen LogP contribution is -2.45. The van der Waals surface area contributed by atoms with E-state index < -0.39 is 5.60 Å². The summed E-state index contributed by atoms with van der Waals surface area (Å²) in [7, 11) is 0. The Bertz CT molecular complexity index is 896. The van der Waals surface area contributed by atoms with Crippen molar-refractivity contribution in [2.24, 2.45) is 0 Å². The third-order valence-electron chi connectivity index (χ3n) is 5.37. The van der Waals surface area contributed by atoms with Gasteiger partial charge in [-0.15, -0.1) is 12.4 Å². The van der Waals surface area contributed by atoms with Gasteiger partial charge in [0.1, 0.15) is 17.1 Å². The summed E-state index contributed by atoms with van der Waals surface area (Å²) in [6, 6.07) is 15.7. The number of aryl methyl sites for hydroxylation is 1.